The van der Waals surface area contributed by atoms with Crippen LogP contribution in [-0.4, -0.2) is 18.3 Å². The first-order valence-electron chi connectivity index (χ1n) is 7.32. The predicted octanol–water partition coefficient (Wildman–Crippen LogP) is 3.97. The lowest BCUT2D eigenvalue weighted by Gasteiger charge is -2.10. The molecule has 0 aliphatic carbocycles. The van der Waals surface area contributed by atoms with E-state index in [4.69, 9.17) is 16.3 Å². The summed E-state index contributed by atoms with van der Waals surface area (Å²) in [6.07, 6.45) is 0. The highest BCUT2D eigenvalue weighted by Gasteiger charge is 2.27. The smallest absolute Gasteiger partial charge is 0.231 e. The van der Waals surface area contributed by atoms with E-state index < -0.39 is 0 Å². The Morgan fingerprint density at radius 3 is 2.78 bits per heavy atom. The minimum atomic E-state index is -0.239. The Labute approximate surface area is 139 Å². The molecule has 0 unspecified atom stereocenters. The van der Waals surface area contributed by atoms with Crippen molar-refractivity contribution in [1.82, 2.24) is 0 Å². The lowest BCUT2D eigenvalue weighted by molar-refractivity contribution is -0.116. The summed E-state index contributed by atoms with van der Waals surface area (Å²) >= 11 is 5.90. The molecule has 118 valence electrons. The van der Waals surface area contributed by atoms with Gasteiger partial charge in [0.2, 0.25) is 5.91 Å². The number of nitrogens with one attached hydrogen (secondary N) is 1. The highest BCUT2D eigenvalue weighted by molar-refractivity contribution is 6.30. The summed E-state index contributed by atoms with van der Waals surface area (Å²) < 4.78 is 5.58. The second kappa shape index (κ2) is 6.05. The molecule has 1 N–H and O–H groups in total. The zero-order chi connectivity index (χ0) is 16.6. The number of carbonyl (C=O) groups is 2. The summed E-state index contributed by atoms with van der Waals surface area (Å²) in [7, 11) is 0. The van der Waals surface area contributed by atoms with Crippen LogP contribution < -0.4 is 10.1 Å². The van der Waals surface area contributed by atoms with Gasteiger partial charge < -0.3 is 10.1 Å². The minimum Gasteiger partial charge on any atom is -0.485 e. The van der Waals surface area contributed by atoms with E-state index in [-0.39, 0.29) is 24.2 Å². The molecule has 0 saturated carbocycles. The molecule has 23 heavy (non-hydrogen) atoms. The number of Topliss-reactive ketones (excluding diaryl/α,β-unsaturated/α-hetero) is 1. The molecule has 1 amide bonds. The van der Waals surface area contributed by atoms with Crippen molar-refractivity contribution < 1.29 is 14.3 Å². The van der Waals surface area contributed by atoms with Crippen LogP contribution in [0.1, 0.15) is 34.3 Å². The van der Waals surface area contributed by atoms with Crippen LogP contribution in [0.2, 0.25) is 5.02 Å². The fourth-order valence-electron chi connectivity index (χ4n) is 2.59. The maximum absolute atomic E-state index is 12.3. The average molecular weight is 330 g/mol. The number of ether oxygens (including phenoxy) is 1. The molecule has 0 spiro atoms. The zero-order valence-corrected chi connectivity index (χ0v) is 13.6. The second-order valence-corrected chi connectivity index (χ2v) is 6.07. The van der Waals surface area contributed by atoms with Crippen LogP contribution in [0.5, 0.6) is 5.75 Å². The van der Waals surface area contributed by atoms with Crippen molar-refractivity contribution in [2.45, 2.75) is 19.8 Å². The largest absolute Gasteiger partial charge is 0.485 e. The Morgan fingerprint density at radius 2 is 2.04 bits per heavy atom. The SMILES string of the molecule is Cc1cc(Cl)ccc1OCC(=O)c1ccc2c(c1)[C@H](C)C(=O)N2. The van der Waals surface area contributed by atoms with E-state index in [0.717, 1.165) is 16.8 Å². The van der Waals surface area contributed by atoms with Gasteiger partial charge in [-0.1, -0.05) is 11.6 Å². The van der Waals surface area contributed by atoms with Crippen molar-refractivity contribution in [3.05, 3.63) is 58.1 Å². The van der Waals surface area contributed by atoms with E-state index in [1.807, 2.05) is 13.8 Å². The summed E-state index contributed by atoms with van der Waals surface area (Å²) in [4.78, 5) is 24.0. The Bertz CT molecular complexity index is 801. The number of amides is 1. The van der Waals surface area contributed by atoms with Crippen LogP contribution in [-0.2, 0) is 4.79 Å². The summed E-state index contributed by atoms with van der Waals surface area (Å²) in [5.41, 5.74) is 3.04. The average Bonchev–Trinajstić information content (AvgIpc) is 2.80. The van der Waals surface area contributed by atoms with E-state index >= 15 is 0 Å². The number of aryl methyl sites for hydroxylation is 1. The van der Waals surface area contributed by atoms with Gasteiger partial charge in [-0.15, -0.1) is 0 Å². The highest BCUT2D eigenvalue weighted by Crippen LogP contribution is 2.32. The van der Waals surface area contributed by atoms with Gasteiger partial charge in [0.25, 0.3) is 0 Å². The molecular weight excluding hydrogens is 314 g/mol. The van der Waals surface area contributed by atoms with E-state index in [0.29, 0.717) is 16.3 Å². The van der Waals surface area contributed by atoms with Crippen LogP contribution in [0.15, 0.2) is 36.4 Å². The van der Waals surface area contributed by atoms with E-state index in [2.05, 4.69) is 5.32 Å². The number of halogens is 1. The van der Waals surface area contributed by atoms with E-state index in [1.54, 1.807) is 36.4 Å². The first-order valence-corrected chi connectivity index (χ1v) is 7.70. The van der Waals surface area contributed by atoms with Gasteiger partial charge in [0, 0.05) is 16.3 Å². The van der Waals surface area contributed by atoms with Gasteiger partial charge in [-0.2, -0.15) is 0 Å². The van der Waals surface area contributed by atoms with Gasteiger partial charge in [0.15, 0.2) is 12.4 Å². The Morgan fingerprint density at radius 1 is 1.26 bits per heavy atom. The van der Waals surface area contributed by atoms with Gasteiger partial charge in [-0.25, -0.2) is 0 Å². The Hall–Kier alpha value is -2.33. The molecule has 1 heterocycles. The van der Waals surface area contributed by atoms with Crippen LogP contribution in [0, 0.1) is 6.92 Å². The van der Waals surface area contributed by atoms with Crippen molar-refractivity contribution in [2.75, 3.05) is 11.9 Å². The lowest BCUT2D eigenvalue weighted by atomic mass is 9.99. The van der Waals surface area contributed by atoms with Gasteiger partial charge >= 0.3 is 0 Å². The molecule has 1 aliphatic heterocycles. The van der Waals surface area contributed by atoms with Gasteiger partial charge in [-0.3, -0.25) is 9.59 Å². The van der Waals surface area contributed by atoms with Crippen LogP contribution in [0.25, 0.3) is 0 Å². The van der Waals surface area contributed by atoms with Crippen molar-refractivity contribution in [1.29, 1.82) is 0 Å². The van der Waals surface area contributed by atoms with Crippen molar-refractivity contribution in [3.63, 3.8) is 0 Å². The summed E-state index contributed by atoms with van der Waals surface area (Å²) in [6, 6.07) is 10.5. The number of ketones is 1. The molecule has 1 atom stereocenters. The molecule has 5 heteroatoms. The molecule has 0 bridgehead atoms. The number of benzene rings is 2. The number of hydrogen-bond acceptors (Lipinski definition) is 3. The molecule has 2 aromatic rings. The van der Waals surface area contributed by atoms with Gasteiger partial charge in [0.05, 0.1) is 5.92 Å². The number of anilines is 1. The first-order chi connectivity index (χ1) is 11.0. The molecule has 0 aromatic heterocycles. The Kier molecular flexibility index (Phi) is 4.09. The number of fused-ring (bicyclic) bond motifs is 1. The van der Waals surface area contributed by atoms with Crippen LogP contribution in [0.4, 0.5) is 5.69 Å². The Balaban J connectivity index is 1.73. The number of rotatable bonds is 4. The zero-order valence-electron chi connectivity index (χ0n) is 12.9. The van der Waals surface area contributed by atoms with Gasteiger partial charge in [0.1, 0.15) is 5.75 Å². The maximum atomic E-state index is 12.3. The summed E-state index contributed by atoms with van der Waals surface area (Å²) in [5, 5.41) is 3.42. The standard InChI is InChI=1S/C18H16ClNO3/c1-10-7-13(19)4-6-17(10)23-9-16(21)12-3-5-15-14(8-12)11(2)18(22)20-15/h3-8,11H,9H2,1-2H3,(H,20,22)/t11-/m0/s1. The third kappa shape index (κ3) is 3.08. The monoisotopic (exact) mass is 329 g/mol. The summed E-state index contributed by atoms with van der Waals surface area (Å²) in [5.74, 6) is 0.220. The topological polar surface area (TPSA) is 55.4 Å². The first kappa shape index (κ1) is 15.6. The van der Waals surface area contributed by atoms with Crippen LogP contribution in [0.3, 0.4) is 0 Å². The molecule has 4 nitrogen and oxygen atoms in total. The van der Waals surface area contributed by atoms with E-state index in [1.165, 1.54) is 0 Å². The third-order valence-corrected chi connectivity index (χ3v) is 4.22. The number of hydrogen-bond donors (Lipinski definition) is 1. The fraction of sp³-hybridized carbons (Fsp3) is 0.222. The molecule has 3 rings (SSSR count). The predicted molar refractivity (Wildman–Crippen MR) is 89.5 cm³/mol. The van der Waals surface area contributed by atoms with Crippen molar-refractivity contribution in [3.8, 4) is 5.75 Å². The molecular formula is C18H16ClNO3. The van der Waals surface area contributed by atoms with Crippen LogP contribution >= 0.6 is 11.6 Å². The van der Waals surface area contributed by atoms with Gasteiger partial charge in [-0.05, 0) is 61.4 Å². The second-order valence-electron chi connectivity index (χ2n) is 5.63. The molecule has 2 aromatic carbocycles. The number of carbonyl (C=O) groups excluding carboxylic acids is 2. The lowest BCUT2D eigenvalue weighted by Crippen LogP contribution is -2.12. The minimum absolute atomic E-state index is 0.0439. The molecule has 0 fully saturated rings. The highest BCUT2D eigenvalue weighted by atomic mass is 35.5. The van der Waals surface area contributed by atoms with E-state index in [9.17, 15) is 9.59 Å². The third-order valence-electron chi connectivity index (χ3n) is 3.99. The molecule has 0 radical (unpaired) electrons. The molecule has 0 saturated heterocycles. The fourth-order valence-corrected chi connectivity index (χ4v) is 2.82. The quantitative estimate of drug-likeness (QED) is 0.864. The van der Waals surface area contributed by atoms with Crippen molar-refractivity contribution >= 4 is 29.0 Å². The van der Waals surface area contributed by atoms with Crippen molar-refractivity contribution in [2.24, 2.45) is 0 Å². The summed E-state index contributed by atoms with van der Waals surface area (Å²) in [6.45, 7) is 3.64. The maximum Gasteiger partial charge on any atom is 0.231 e. The normalized spacial score (nSPS) is 16.0. The molecule has 1 aliphatic rings.